The number of carboxylic acid groups (broad SMARTS) is 1. The number of carboxylic acids is 1. The molecule has 1 N–H and O–H groups in total. The minimum Gasteiger partial charge on any atom is -0.481 e. The molecule has 1 aliphatic rings. The highest BCUT2D eigenvalue weighted by atomic mass is 19.4. The largest absolute Gasteiger partial charge is 0.481 e. The standard InChI is InChI=1S/C13H20F3NO3/c1-8(2)17(7-13(14,15)16)11(18)9-4-3-5-10(6-9)12(19)20/h8-10H,3-7H2,1-2H3,(H,19,20). The van der Waals surface area contributed by atoms with Crippen LogP contribution < -0.4 is 0 Å². The molecule has 0 heterocycles. The van der Waals surface area contributed by atoms with Crippen LogP contribution in [-0.4, -0.2) is 40.6 Å². The normalized spacial score (nSPS) is 23.7. The summed E-state index contributed by atoms with van der Waals surface area (Å²) in [5, 5.41) is 8.97. The highest BCUT2D eigenvalue weighted by Crippen LogP contribution is 2.31. The van der Waals surface area contributed by atoms with Gasteiger partial charge in [0.1, 0.15) is 6.54 Å². The van der Waals surface area contributed by atoms with E-state index in [1.165, 1.54) is 13.8 Å². The van der Waals surface area contributed by atoms with E-state index in [9.17, 15) is 22.8 Å². The van der Waals surface area contributed by atoms with E-state index in [0.717, 1.165) is 4.90 Å². The summed E-state index contributed by atoms with van der Waals surface area (Å²) in [5.41, 5.74) is 0. The van der Waals surface area contributed by atoms with Crippen molar-refractivity contribution in [3.63, 3.8) is 0 Å². The van der Waals surface area contributed by atoms with Gasteiger partial charge in [-0.05, 0) is 33.1 Å². The van der Waals surface area contributed by atoms with Gasteiger partial charge >= 0.3 is 12.1 Å². The lowest BCUT2D eigenvalue weighted by Crippen LogP contribution is -2.47. The molecule has 1 rings (SSSR count). The molecule has 0 aromatic carbocycles. The number of halogens is 3. The van der Waals surface area contributed by atoms with Crippen LogP contribution in [0, 0.1) is 11.8 Å². The molecular weight excluding hydrogens is 275 g/mol. The molecule has 7 heteroatoms. The van der Waals surface area contributed by atoms with Crippen molar-refractivity contribution in [2.24, 2.45) is 11.8 Å². The highest BCUT2D eigenvalue weighted by molar-refractivity contribution is 5.80. The summed E-state index contributed by atoms with van der Waals surface area (Å²) in [6, 6.07) is -0.561. The molecule has 0 aliphatic heterocycles. The summed E-state index contributed by atoms with van der Waals surface area (Å²) in [4.78, 5) is 24.0. The predicted molar refractivity (Wildman–Crippen MR) is 66.0 cm³/mol. The fraction of sp³-hybridized carbons (Fsp3) is 0.846. The second kappa shape index (κ2) is 6.45. The lowest BCUT2D eigenvalue weighted by atomic mass is 9.80. The Labute approximate surface area is 115 Å². The van der Waals surface area contributed by atoms with Crippen molar-refractivity contribution < 1.29 is 27.9 Å². The molecule has 1 amide bonds. The number of rotatable bonds is 4. The predicted octanol–water partition coefficient (Wildman–Crippen LogP) is 2.68. The lowest BCUT2D eigenvalue weighted by molar-refractivity contribution is -0.168. The molecule has 116 valence electrons. The number of nitrogens with zero attached hydrogens (tertiary/aromatic N) is 1. The number of hydrogen-bond acceptors (Lipinski definition) is 2. The second-order valence-corrected chi connectivity index (χ2v) is 5.57. The molecule has 0 spiro atoms. The molecule has 4 nitrogen and oxygen atoms in total. The van der Waals surface area contributed by atoms with Crippen molar-refractivity contribution in [2.45, 2.75) is 51.7 Å². The Bertz CT molecular complexity index is 368. The minimum atomic E-state index is -4.44. The number of amides is 1. The first-order valence-electron chi connectivity index (χ1n) is 6.72. The number of aliphatic carboxylic acids is 1. The molecule has 20 heavy (non-hydrogen) atoms. The molecule has 2 atom stereocenters. The fourth-order valence-electron chi connectivity index (χ4n) is 2.58. The van der Waals surface area contributed by atoms with Gasteiger partial charge in [-0.25, -0.2) is 0 Å². The summed E-state index contributed by atoms with van der Waals surface area (Å²) >= 11 is 0. The first-order chi connectivity index (χ1) is 9.11. The Hall–Kier alpha value is -1.27. The molecule has 0 bridgehead atoms. The zero-order chi connectivity index (χ0) is 15.5. The van der Waals surface area contributed by atoms with E-state index >= 15 is 0 Å². The second-order valence-electron chi connectivity index (χ2n) is 5.57. The maximum atomic E-state index is 12.5. The van der Waals surface area contributed by atoms with Gasteiger partial charge in [0.25, 0.3) is 0 Å². The third-order valence-corrected chi connectivity index (χ3v) is 3.63. The van der Waals surface area contributed by atoms with Crippen molar-refractivity contribution in [1.82, 2.24) is 4.90 Å². The highest BCUT2D eigenvalue weighted by Gasteiger charge is 2.38. The van der Waals surface area contributed by atoms with Crippen LogP contribution in [0.15, 0.2) is 0 Å². The van der Waals surface area contributed by atoms with Crippen LogP contribution in [0.3, 0.4) is 0 Å². The molecule has 0 saturated heterocycles. The van der Waals surface area contributed by atoms with Crippen LogP contribution in [0.1, 0.15) is 39.5 Å². The summed E-state index contributed by atoms with van der Waals surface area (Å²) in [6.07, 6.45) is -2.80. The first-order valence-corrected chi connectivity index (χ1v) is 6.72. The summed E-state index contributed by atoms with van der Waals surface area (Å²) in [6.45, 7) is 1.78. The molecule has 2 unspecified atom stereocenters. The van der Waals surface area contributed by atoms with Gasteiger partial charge < -0.3 is 10.0 Å². The molecule has 1 fully saturated rings. The lowest BCUT2D eigenvalue weighted by Gasteiger charge is -2.34. The van der Waals surface area contributed by atoms with E-state index < -0.39 is 42.5 Å². The number of carbonyl (C=O) groups is 2. The minimum absolute atomic E-state index is 0.134. The average molecular weight is 295 g/mol. The van der Waals surface area contributed by atoms with E-state index in [1.54, 1.807) is 0 Å². The van der Waals surface area contributed by atoms with Crippen LogP contribution in [0.25, 0.3) is 0 Å². The SMILES string of the molecule is CC(C)N(CC(F)(F)F)C(=O)C1CCCC(C(=O)O)C1. The summed E-state index contributed by atoms with van der Waals surface area (Å²) in [7, 11) is 0. The quantitative estimate of drug-likeness (QED) is 0.867. The van der Waals surface area contributed by atoms with Crippen LogP contribution >= 0.6 is 0 Å². The van der Waals surface area contributed by atoms with Crippen molar-refractivity contribution in [2.75, 3.05) is 6.54 Å². The Kier molecular flexibility index (Phi) is 5.42. The van der Waals surface area contributed by atoms with Gasteiger partial charge in [-0.2, -0.15) is 13.2 Å². The van der Waals surface area contributed by atoms with Gasteiger partial charge in [0.2, 0.25) is 5.91 Å². The van der Waals surface area contributed by atoms with E-state index in [1.807, 2.05) is 0 Å². The fourth-order valence-corrected chi connectivity index (χ4v) is 2.58. The molecule has 0 radical (unpaired) electrons. The zero-order valence-corrected chi connectivity index (χ0v) is 11.6. The van der Waals surface area contributed by atoms with E-state index in [-0.39, 0.29) is 6.42 Å². The third-order valence-electron chi connectivity index (χ3n) is 3.63. The molecule has 0 aromatic rings. The van der Waals surface area contributed by atoms with Gasteiger partial charge in [0.15, 0.2) is 0 Å². The monoisotopic (exact) mass is 295 g/mol. The van der Waals surface area contributed by atoms with Crippen molar-refractivity contribution in [3.05, 3.63) is 0 Å². The molecule has 1 aliphatic carbocycles. The number of carbonyl (C=O) groups excluding carboxylic acids is 1. The maximum Gasteiger partial charge on any atom is 0.406 e. The average Bonchev–Trinajstić information content (AvgIpc) is 2.34. The van der Waals surface area contributed by atoms with E-state index in [4.69, 9.17) is 5.11 Å². The Balaban J connectivity index is 2.76. The van der Waals surface area contributed by atoms with E-state index in [2.05, 4.69) is 0 Å². The zero-order valence-electron chi connectivity index (χ0n) is 11.6. The van der Waals surface area contributed by atoms with Crippen molar-refractivity contribution >= 4 is 11.9 Å². The topological polar surface area (TPSA) is 57.6 Å². The van der Waals surface area contributed by atoms with Gasteiger partial charge in [-0.3, -0.25) is 9.59 Å². The van der Waals surface area contributed by atoms with E-state index in [0.29, 0.717) is 19.3 Å². The number of hydrogen-bond donors (Lipinski definition) is 1. The van der Waals surface area contributed by atoms with Gasteiger partial charge in [0.05, 0.1) is 5.92 Å². The van der Waals surface area contributed by atoms with Crippen molar-refractivity contribution in [1.29, 1.82) is 0 Å². The Morgan fingerprint density at radius 1 is 1.25 bits per heavy atom. The van der Waals surface area contributed by atoms with Gasteiger partial charge in [-0.15, -0.1) is 0 Å². The summed E-state index contributed by atoms with van der Waals surface area (Å²) in [5.74, 6) is -2.80. The summed E-state index contributed by atoms with van der Waals surface area (Å²) < 4.78 is 37.5. The molecule has 0 aromatic heterocycles. The third kappa shape index (κ3) is 4.68. The van der Waals surface area contributed by atoms with Crippen LogP contribution in [0.5, 0.6) is 0 Å². The van der Waals surface area contributed by atoms with Crippen LogP contribution in [0.4, 0.5) is 13.2 Å². The van der Waals surface area contributed by atoms with Gasteiger partial charge in [-0.1, -0.05) is 6.42 Å². The van der Waals surface area contributed by atoms with Crippen LogP contribution in [-0.2, 0) is 9.59 Å². The maximum absolute atomic E-state index is 12.5. The Morgan fingerprint density at radius 2 is 1.80 bits per heavy atom. The van der Waals surface area contributed by atoms with Gasteiger partial charge in [0, 0.05) is 12.0 Å². The van der Waals surface area contributed by atoms with Crippen LogP contribution in [0.2, 0.25) is 0 Å². The Morgan fingerprint density at radius 3 is 2.25 bits per heavy atom. The van der Waals surface area contributed by atoms with Crippen molar-refractivity contribution in [3.8, 4) is 0 Å². The first kappa shape index (κ1) is 16.8. The number of alkyl halides is 3. The molecule has 1 saturated carbocycles. The smallest absolute Gasteiger partial charge is 0.406 e. The molecular formula is C13H20F3NO3.